The summed E-state index contributed by atoms with van der Waals surface area (Å²) >= 11 is 0. The summed E-state index contributed by atoms with van der Waals surface area (Å²) in [5, 5.41) is 9.32. The molecular formula is C55H39N3. The maximum Gasteiger partial charge on any atom is 0.182 e. The number of fused-ring (bicyclic) bond motifs is 9. The lowest BCUT2D eigenvalue weighted by molar-refractivity contribution is 0.563. The standard InChI is InChI=1S/C55H39N3/c1-54(2)47-24-11-13-26-49(47)55(50-27-14-12-25-48(50)54)45-23-10-9-22-43(45)44-35-42(32-33-46(44)55)41-21-15-20-40(34-41)36-28-30-39(31-29-36)53-56-51(37-16-5-3-6-17-37)52(57-58-53)38-18-7-4-8-19-38/h3-35H,1-2H3. The van der Waals surface area contributed by atoms with E-state index in [1.54, 1.807) is 0 Å². The van der Waals surface area contributed by atoms with Crippen LogP contribution in [0.4, 0.5) is 0 Å². The molecule has 1 aromatic heterocycles. The van der Waals surface area contributed by atoms with Gasteiger partial charge in [0.05, 0.1) is 5.41 Å². The van der Waals surface area contributed by atoms with Crippen molar-refractivity contribution in [3.8, 4) is 67.3 Å². The first-order valence-corrected chi connectivity index (χ1v) is 20.0. The van der Waals surface area contributed by atoms with Gasteiger partial charge in [-0.3, -0.25) is 0 Å². The largest absolute Gasteiger partial charge is 0.224 e. The SMILES string of the molecule is CC1(C)c2ccccc2C2(c3ccccc3-c3cc(-c4cccc(-c5ccc(-c6nnc(-c7ccccc7)c(-c7ccccc7)n6)cc5)c4)ccc32)c2ccccc21. The van der Waals surface area contributed by atoms with E-state index in [4.69, 9.17) is 10.1 Å². The van der Waals surface area contributed by atoms with Gasteiger partial charge >= 0.3 is 0 Å². The Hall–Kier alpha value is -7.23. The lowest BCUT2D eigenvalue weighted by atomic mass is 9.55. The lowest BCUT2D eigenvalue weighted by Gasteiger charge is -2.46. The highest BCUT2D eigenvalue weighted by molar-refractivity contribution is 5.91. The molecule has 0 N–H and O–H groups in total. The summed E-state index contributed by atoms with van der Waals surface area (Å²) in [6, 6.07) is 72.2. The van der Waals surface area contributed by atoms with Crippen molar-refractivity contribution in [2.24, 2.45) is 0 Å². The highest BCUT2D eigenvalue weighted by Crippen LogP contribution is 2.62. The quantitative estimate of drug-likeness (QED) is 0.176. The second-order valence-corrected chi connectivity index (χ2v) is 16.0. The minimum atomic E-state index is -0.389. The van der Waals surface area contributed by atoms with Crippen LogP contribution < -0.4 is 0 Å². The first-order valence-electron chi connectivity index (χ1n) is 20.0. The summed E-state index contributed by atoms with van der Waals surface area (Å²) in [6.45, 7) is 4.75. The Morgan fingerprint density at radius 3 is 1.43 bits per heavy atom. The Kier molecular flexibility index (Phi) is 7.74. The molecule has 9 aromatic rings. The summed E-state index contributed by atoms with van der Waals surface area (Å²) in [6.07, 6.45) is 0. The maximum atomic E-state index is 5.08. The average molecular weight is 742 g/mol. The van der Waals surface area contributed by atoms with Crippen LogP contribution in [0.5, 0.6) is 0 Å². The molecule has 0 saturated carbocycles. The first-order chi connectivity index (χ1) is 28.5. The van der Waals surface area contributed by atoms with E-state index in [2.05, 4.69) is 183 Å². The van der Waals surface area contributed by atoms with E-state index < -0.39 is 0 Å². The fourth-order valence-corrected chi connectivity index (χ4v) is 9.77. The fourth-order valence-electron chi connectivity index (χ4n) is 9.77. The molecule has 58 heavy (non-hydrogen) atoms. The van der Waals surface area contributed by atoms with Gasteiger partial charge in [0.25, 0.3) is 0 Å². The predicted octanol–water partition coefficient (Wildman–Crippen LogP) is 13.2. The molecule has 11 rings (SSSR count). The van der Waals surface area contributed by atoms with E-state index in [9.17, 15) is 0 Å². The van der Waals surface area contributed by atoms with Gasteiger partial charge in [-0.25, -0.2) is 4.98 Å². The molecule has 2 aliphatic carbocycles. The van der Waals surface area contributed by atoms with Crippen molar-refractivity contribution in [3.05, 3.63) is 234 Å². The van der Waals surface area contributed by atoms with Crippen molar-refractivity contribution in [1.82, 2.24) is 15.2 Å². The number of hydrogen-bond acceptors (Lipinski definition) is 3. The number of aromatic nitrogens is 3. The Bertz CT molecular complexity index is 2970. The Morgan fingerprint density at radius 2 is 0.776 bits per heavy atom. The van der Waals surface area contributed by atoms with Crippen molar-refractivity contribution in [2.75, 3.05) is 0 Å². The molecule has 0 bridgehead atoms. The Morgan fingerprint density at radius 1 is 0.310 bits per heavy atom. The van der Waals surface area contributed by atoms with E-state index in [1.807, 2.05) is 36.4 Å². The summed E-state index contributed by atoms with van der Waals surface area (Å²) in [4.78, 5) is 5.08. The lowest BCUT2D eigenvalue weighted by Crippen LogP contribution is -2.40. The molecule has 1 spiro atoms. The van der Waals surface area contributed by atoms with Crippen LogP contribution in [-0.4, -0.2) is 15.2 Å². The number of nitrogens with zero attached hydrogens (tertiary/aromatic N) is 3. The van der Waals surface area contributed by atoms with Crippen LogP contribution in [0.1, 0.15) is 47.2 Å². The molecule has 1 heterocycles. The molecule has 274 valence electrons. The van der Waals surface area contributed by atoms with Crippen LogP contribution in [-0.2, 0) is 10.8 Å². The van der Waals surface area contributed by atoms with Crippen molar-refractivity contribution in [2.45, 2.75) is 24.7 Å². The summed E-state index contributed by atoms with van der Waals surface area (Å²) in [5.74, 6) is 0.599. The minimum absolute atomic E-state index is 0.114. The summed E-state index contributed by atoms with van der Waals surface area (Å²) in [5.41, 5.74) is 19.5. The third-order valence-electron chi connectivity index (χ3n) is 12.5. The first kappa shape index (κ1) is 34.1. The van der Waals surface area contributed by atoms with Gasteiger partial charge in [0.1, 0.15) is 11.4 Å². The van der Waals surface area contributed by atoms with Gasteiger partial charge in [0.2, 0.25) is 0 Å². The molecule has 0 atom stereocenters. The van der Waals surface area contributed by atoms with Crippen molar-refractivity contribution < 1.29 is 0 Å². The van der Waals surface area contributed by atoms with Crippen molar-refractivity contribution >= 4 is 0 Å². The maximum absolute atomic E-state index is 5.08. The highest BCUT2D eigenvalue weighted by Gasteiger charge is 2.53. The van der Waals surface area contributed by atoms with Crippen LogP contribution >= 0.6 is 0 Å². The second-order valence-electron chi connectivity index (χ2n) is 16.0. The third kappa shape index (κ3) is 5.10. The van der Waals surface area contributed by atoms with Crippen molar-refractivity contribution in [1.29, 1.82) is 0 Å². The van der Waals surface area contributed by atoms with Crippen LogP contribution in [0.2, 0.25) is 0 Å². The third-order valence-corrected chi connectivity index (χ3v) is 12.5. The Labute approximate surface area is 339 Å². The van der Waals surface area contributed by atoms with Gasteiger partial charge in [-0.2, -0.15) is 0 Å². The molecule has 0 unspecified atom stereocenters. The van der Waals surface area contributed by atoms with Gasteiger partial charge in [-0.15, -0.1) is 10.2 Å². The van der Waals surface area contributed by atoms with E-state index >= 15 is 0 Å². The zero-order chi connectivity index (χ0) is 38.8. The van der Waals surface area contributed by atoms with Gasteiger partial charge in [-0.1, -0.05) is 202 Å². The zero-order valence-corrected chi connectivity index (χ0v) is 32.4. The van der Waals surface area contributed by atoms with Crippen LogP contribution in [0.15, 0.2) is 200 Å². The van der Waals surface area contributed by atoms with Crippen LogP contribution in [0.25, 0.3) is 67.3 Å². The number of benzene rings is 8. The second kappa shape index (κ2) is 13.2. The van der Waals surface area contributed by atoms with E-state index in [0.717, 1.165) is 39.2 Å². The summed E-state index contributed by atoms with van der Waals surface area (Å²) in [7, 11) is 0. The molecule has 0 fully saturated rings. The summed E-state index contributed by atoms with van der Waals surface area (Å²) < 4.78 is 0. The van der Waals surface area contributed by atoms with E-state index in [0.29, 0.717) is 5.82 Å². The molecule has 0 saturated heterocycles. The fraction of sp³-hybridized carbons (Fsp3) is 0.0727. The topological polar surface area (TPSA) is 38.7 Å². The Balaban J connectivity index is 0.973. The molecule has 3 heteroatoms. The number of rotatable bonds is 5. The van der Waals surface area contributed by atoms with E-state index in [-0.39, 0.29) is 10.8 Å². The molecule has 2 aliphatic rings. The molecular weight excluding hydrogens is 703 g/mol. The predicted molar refractivity (Wildman–Crippen MR) is 236 cm³/mol. The van der Waals surface area contributed by atoms with Gasteiger partial charge in [0, 0.05) is 22.1 Å². The number of hydrogen-bond donors (Lipinski definition) is 0. The molecule has 0 radical (unpaired) electrons. The van der Waals surface area contributed by atoms with E-state index in [1.165, 1.54) is 55.6 Å². The van der Waals surface area contributed by atoms with Gasteiger partial charge in [0.15, 0.2) is 5.82 Å². The normalized spacial score (nSPS) is 14.0. The van der Waals surface area contributed by atoms with Crippen LogP contribution in [0.3, 0.4) is 0 Å². The molecule has 0 amide bonds. The van der Waals surface area contributed by atoms with Gasteiger partial charge in [-0.05, 0) is 78.9 Å². The highest BCUT2D eigenvalue weighted by atomic mass is 15.2. The van der Waals surface area contributed by atoms with Crippen LogP contribution in [0, 0.1) is 0 Å². The van der Waals surface area contributed by atoms with Gasteiger partial charge < -0.3 is 0 Å². The zero-order valence-electron chi connectivity index (χ0n) is 32.4. The molecule has 8 aromatic carbocycles. The monoisotopic (exact) mass is 741 g/mol. The average Bonchev–Trinajstić information content (AvgIpc) is 3.59. The minimum Gasteiger partial charge on any atom is -0.224 e. The smallest absolute Gasteiger partial charge is 0.182 e. The molecule has 3 nitrogen and oxygen atoms in total. The molecule has 0 aliphatic heterocycles. The van der Waals surface area contributed by atoms with Crippen molar-refractivity contribution in [3.63, 3.8) is 0 Å².